The highest BCUT2D eigenvalue weighted by molar-refractivity contribution is 6.34. The fourth-order valence-corrected chi connectivity index (χ4v) is 3.74. The van der Waals surface area contributed by atoms with Gasteiger partial charge in [0.05, 0.1) is 10.6 Å². The van der Waals surface area contributed by atoms with E-state index in [0.29, 0.717) is 48.9 Å². The van der Waals surface area contributed by atoms with Gasteiger partial charge in [0, 0.05) is 38.3 Å². The Morgan fingerprint density at radius 3 is 2.81 bits per heavy atom. The van der Waals surface area contributed by atoms with Crippen molar-refractivity contribution in [1.82, 2.24) is 10.2 Å². The van der Waals surface area contributed by atoms with Gasteiger partial charge in [0.25, 0.3) is 5.91 Å². The number of benzene rings is 1. The van der Waals surface area contributed by atoms with Gasteiger partial charge in [-0.15, -0.1) is 0 Å². The number of amides is 3. The lowest BCUT2D eigenvalue weighted by Gasteiger charge is -2.33. The molecule has 0 radical (unpaired) electrons. The van der Waals surface area contributed by atoms with Gasteiger partial charge < -0.3 is 15.3 Å². The van der Waals surface area contributed by atoms with Crippen molar-refractivity contribution in [1.29, 1.82) is 0 Å². The molecule has 3 rings (SSSR count). The standard InChI is InChI=1S/C18H22ClN3O4/c19-15-5-4-13(22-9-7-20-18(22)26)10-14(15)17(25)21-8-1-2-12(11-21)3-6-16(23)24/h4-5,10,12H,1-3,6-9,11H2,(H,20,26)(H,23,24). The van der Waals surface area contributed by atoms with Gasteiger partial charge in [0.15, 0.2) is 0 Å². The minimum Gasteiger partial charge on any atom is -0.481 e. The van der Waals surface area contributed by atoms with Gasteiger partial charge in [0.2, 0.25) is 0 Å². The summed E-state index contributed by atoms with van der Waals surface area (Å²) in [6.07, 6.45) is 2.47. The molecule has 0 aromatic heterocycles. The van der Waals surface area contributed by atoms with E-state index in [1.165, 1.54) is 0 Å². The maximum atomic E-state index is 13.0. The van der Waals surface area contributed by atoms with Crippen LogP contribution in [0.25, 0.3) is 0 Å². The molecule has 1 aromatic rings. The molecule has 2 fully saturated rings. The maximum Gasteiger partial charge on any atom is 0.321 e. The predicted octanol–water partition coefficient (Wildman–Crippen LogP) is 2.59. The molecule has 0 saturated carbocycles. The van der Waals surface area contributed by atoms with Crippen LogP contribution in [0.1, 0.15) is 36.0 Å². The van der Waals surface area contributed by atoms with Gasteiger partial charge in [-0.05, 0) is 43.4 Å². The van der Waals surface area contributed by atoms with Crippen molar-refractivity contribution in [2.45, 2.75) is 25.7 Å². The summed E-state index contributed by atoms with van der Waals surface area (Å²) in [6.45, 7) is 2.29. The van der Waals surface area contributed by atoms with Crippen LogP contribution >= 0.6 is 11.6 Å². The van der Waals surface area contributed by atoms with Crippen molar-refractivity contribution in [3.05, 3.63) is 28.8 Å². The van der Waals surface area contributed by atoms with Crippen LogP contribution in [-0.4, -0.2) is 54.1 Å². The average molecular weight is 380 g/mol. The molecule has 7 nitrogen and oxygen atoms in total. The highest BCUT2D eigenvalue weighted by Gasteiger charge is 2.28. The first-order valence-electron chi connectivity index (χ1n) is 8.81. The first-order valence-corrected chi connectivity index (χ1v) is 9.19. The Morgan fingerprint density at radius 2 is 2.12 bits per heavy atom. The fourth-order valence-electron chi connectivity index (χ4n) is 3.55. The molecule has 0 spiro atoms. The van der Waals surface area contributed by atoms with Crippen molar-refractivity contribution < 1.29 is 19.5 Å². The van der Waals surface area contributed by atoms with E-state index >= 15 is 0 Å². The lowest BCUT2D eigenvalue weighted by Crippen LogP contribution is -2.40. The number of piperidine rings is 1. The second-order valence-corrected chi connectivity index (χ2v) is 7.15. The fraction of sp³-hybridized carbons (Fsp3) is 0.500. The van der Waals surface area contributed by atoms with Crippen LogP contribution in [-0.2, 0) is 4.79 Å². The molecular formula is C18H22ClN3O4. The number of halogens is 1. The van der Waals surface area contributed by atoms with Crippen LogP contribution in [0.4, 0.5) is 10.5 Å². The summed E-state index contributed by atoms with van der Waals surface area (Å²) >= 11 is 6.25. The molecule has 1 atom stereocenters. The summed E-state index contributed by atoms with van der Waals surface area (Å²) in [6, 6.07) is 4.85. The van der Waals surface area contributed by atoms with Crippen molar-refractivity contribution >= 4 is 35.2 Å². The summed E-state index contributed by atoms with van der Waals surface area (Å²) in [5.41, 5.74) is 1.02. The molecule has 1 aromatic carbocycles. The Balaban J connectivity index is 1.74. The summed E-state index contributed by atoms with van der Waals surface area (Å²) in [4.78, 5) is 38.9. The summed E-state index contributed by atoms with van der Waals surface area (Å²) in [7, 11) is 0. The summed E-state index contributed by atoms with van der Waals surface area (Å²) in [5.74, 6) is -0.792. The Labute approximate surface area is 156 Å². The lowest BCUT2D eigenvalue weighted by atomic mass is 9.93. The van der Waals surface area contributed by atoms with Crippen LogP contribution in [0.15, 0.2) is 18.2 Å². The Morgan fingerprint density at radius 1 is 1.31 bits per heavy atom. The molecule has 2 aliphatic heterocycles. The van der Waals surface area contributed by atoms with E-state index in [-0.39, 0.29) is 24.3 Å². The van der Waals surface area contributed by atoms with E-state index in [4.69, 9.17) is 16.7 Å². The number of anilines is 1. The van der Waals surface area contributed by atoms with Crippen LogP contribution in [0.2, 0.25) is 5.02 Å². The third-order valence-electron chi connectivity index (χ3n) is 4.92. The number of hydrogen-bond donors (Lipinski definition) is 2. The number of carbonyl (C=O) groups excluding carboxylic acids is 2. The van der Waals surface area contributed by atoms with Gasteiger partial charge in [0.1, 0.15) is 0 Å². The average Bonchev–Trinajstić information content (AvgIpc) is 3.06. The molecule has 2 aliphatic rings. The zero-order valence-electron chi connectivity index (χ0n) is 14.4. The third-order valence-corrected chi connectivity index (χ3v) is 5.25. The highest BCUT2D eigenvalue weighted by Crippen LogP contribution is 2.28. The number of carboxylic acids is 1. The highest BCUT2D eigenvalue weighted by atomic mass is 35.5. The number of likely N-dealkylation sites (tertiary alicyclic amines) is 1. The summed E-state index contributed by atoms with van der Waals surface area (Å²) in [5, 5.41) is 11.9. The van der Waals surface area contributed by atoms with Gasteiger partial charge in [-0.25, -0.2) is 4.79 Å². The van der Waals surface area contributed by atoms with E-state index < -0.39 is 5.97 Å². The molecule has 0 bridgehead atoms. The number of hydrogen-bond acceptors (Lipinski definition) is 3. The van der Waals surface area contributed by atoms with Gasteiger partial charge in [-0.1, -0.05) is 11.6 Å². The SMILES string of the molecule is O=C(O)CCC1CCCN(C(=O)c2cc(N3CCNC3=O)ccc2Cl)C1. The third kappa shape index (κ3) is 4.09. The minimum absolute atomic E-state index is 0.118. The van der Waals surface area contributed by atoms with Gasteiger partial charge in [-0.2, -0.15) is 0 Å². The number of carbonyl (C=O) groups is 3. The second kappa shape index (κ2) is 7.95. The van der Waals surface area contributed by atoms with Crippen molar-refractivity contribution in [2.75, 3.05) is 31.1 Å². The first-order chi connectivity index (χ1) is 12.5. The Bertz CT molecular complexity index is 724. The van der Waals surface area contributed by atoms with E-state index in [1.807, 2.05) is 0 Å². The molecule has 0 aliphatic carbocycles. The topological polar surface area (TPSA) is 89.9 Å². The normalized spacial score (nSPS) is 20.2. The number of rotatable bonds is 5. The smallest absolute Gasteiger partial charge is 0.321 e. The number of urea groups is 1. The molecule has 140 valence electrons. The number of aliphatic carboxylic acids is 1. The zero-order chi connectivity index (χ0) is 18.7. The predicted molar refractivity (Wildman–Crippen MR) is 97.7 cm³/mol. The maximum absolute atomic E-state index is 13.0. The quantitative estimate of drug-likeness (QED) is 0.822. The molecule has 3 amide bonds. The number of nitrogens with one attached hydrogen (secondary N) is 1. The molecule has 2 heterocycles. The molecule has 1 unspecified atom stereocenters. The molecule has 2 N–H and O–H groups in total. The van der Waals surface area contributed by atoms with E-state index in [2.05, 4.69) is 5.32 Å². The molecule has 8 heteroatoms. The van der Waals surface area contributed by atoms with Crippen molar-refractivity contribution in [3.8, 4) is 0 Å². The van der Waals surface area contributed by atoms with E-state index in [1.54, 1.807) is 28.0 Å². The van der Waals surface area contributed by atoms with E-state index in [0.717, 1.165) is 12.8 Å². The van der Waals surface area contributed by atoms with Crippen molar-refractivity contribution in [2.24, 2.45) is 5.92 Å². The Kier molecular flexibility index (Phi) is 5.66. The first kappa shape index (κ1) is 18.5. The molecule has 26 heavy (non-hydrogen) atoms. The minimum atomic E-state index is -0.812. The van der Waals surface area contributed by atoms with Crippen molar-refractivity contribution in [3.63, 3.8) is 0 Å². The van der Waals surface area contributed by atoms with Crippen LogP contribution < -0.4 is 10.2 Å². The number of nitrogens with zero attached hydrogens (tertiary/aromatic N) is 2. The number of carboxylic acid groups (broad SMARTS) is 1. The second-order valence-electron chi connectivity index (χ2n) is 6.74. The molecular weight excluding hydrogens is 358 g/mol. The van der Waals surface area contributed by atoms with Crippen LogP contribution in [0, 0.1) is 5.92 Å². The summed E-state index contributed by atoms with van der Waals surface area (Å²) < 4.78 is 0. The van der Waals surface area contributed by atoms with E-state index in [9.17, 15) is 14.4 Å². The largest absolute Gasteiger partial charge is 0.481 e. The van der Waals surface area contributed by atoms with Crippen LogP contribution in [0.3, 0.4) is 0 Å². The lowest BCUT2D eigenvalue weighted by molar-refractivity contribution is -0.137. The van der Waals surface area contributed by atoms with Crippen LogP contribution in [0.5, 0.6) is 0 Å². The zero-order valence-corrected chi connectivity index (χ0v) is 15.2. The monoisotopic (exact) mass is 379 g/mol. The Hall–Kier alpha value is -2.28. The van der Waals surface area contributed by atoms with Gasteiger partial charge in [-0.3, -0.25) is 14.5 Å². The molecule has 2 saturated heterocycles. The van der Waals surface area contributed by atoms with Gasteiger partial charge >= 0.3 is 12.0 Å².